The van der Waals surface area contributed by atoms with Crippen LogP contribution in [-0.4, -0.2) is 15.0 Å². The molecular formula is C17H19F2N9. The fraction of sp³-hybridized carbons (Fsp3) is 0.118. The molecule has 0 saturated carbocycles. The van der Waals surface area contributed by atoms with E-state index in [9.17, 15) is 8.78 Å². The minimum atomic E-state index is -0.295. The Bertz CT molecular complexity index is 818. The van der Waals surface area contributed by atoms with Crippen LogP contribution in [-0.2, 0) is 13.1 Å². The van der Waals surface area contributed by atoms with Crippen LogP contribution in [0.1, 0.15) is 11.1 Å². The monoisotopic (exact) mass is 387 g/mol. The summed E-state index contributed by atoms with van der Waals surface area (Å²) in [6, 6.07) is 12.2. The van der Waals surface area contributed by atoms with Gasteiger partial charge in [0.2, 0.25) is 17.8 Å². The number of nitrogens with zero attached hydrogens (tertiary/aromatic N) is 3. The Labute approximate surface area is 159 Å². The zero-order valence-electron chi connectivity index (χ0n) is 14.7. The molecule has 1 aromatic heterocycles. The molecule has 3 rings (SSSR count). The number of hydrogen-bond acceptors (Lipinski definition) is 9. The van der Waals surface area contributed by atoms with E-state index in [4.69, 9.17) is 5.84 Å². The Kier molecular flexibility index (Phi) is 6.57. The summed E-state index contributed by atoms with van der Waals surface area (Å²) in [5.41, 5.74) is 15.6. The van der Waals surface area contributed by atoms with Crippen LogP contribution >= 0.6 is 0 Å². The summed E-state index contributed by atoms with van der Waals surface area (Å²) in [6.45, 7) is 0.839. The average molecular weight is 387 g/mol. The Morgan fingerprint density at radius 3 is 1.43 bits per heavy atom. The third-order valence-electron chi connectivity index (χ3n) is 3.58. The van der Waals surface area contributed by atoms with Crippen molar-refractivity contribution in [3.63, 3.8) is 0 Å². The number of nitrogen functional groups attached to an aromatic ring is 1. The molecule has 0 aliphatic rings. The number of anilines is 3. The SMILES string of the molecule is NNc1nc(NNCc2ccc(F)cc2)nc(NNCc2ccc(F)cc2)n1. The first kappa shape index (κ1) is 19.4. The molecule has 0 unspecified atom stereocenters. The molecule has 0 saturated heterocycles. The fourth-order valence-electron chi connectivity index (χ4n) is 2.21. The molecule has 146 valence electrons. The van der Waals surface area contributed by atoms with Gasteiger partial charge in [0.1, 0.15) is 11.6 Å². The zero-order chi connectivity index (χ0) is 19.8. The van der Waals surface area contributed by atoms with E-state index in [1.54, 1.807) is 24.3 Å². The van der Waals surface area contributed by atoms with E-state index in [0.29, 0.717) is 13.1 Å². The molecule has 2 aromatic carbocycles. The second-order valence-corrected chi connectivity index (χ2v) is 5.66. The van der Waals surface area contributed by atoms with Crippen LogP contribution in [0.5, 0.6) is 0 Å². The molecule has 0 aliphatic heterocycles. The summed E-state index contributed by atoms with van der Waals surface area (Å²) >= 11 is 0. The standard InChI is InChI=1S/C17H19F2N9/c18-13-5-1-11(2-6-13)9-21-27-16-23-15(26-20)24-17(25-16)28-22-10-12-3-7-14(19)8-4-12/h1-8,21-22H,9-10,20H2,(H3,23,24,25,26,27,28). The first-order valence-electron chi connectivity index (χ1n) is 8.32. The molecule has 0 spiro atoms. The van der Waals surface area contributed by atoms with Gasteiger partial charge in [0.25, 0.3) is 0 Å². The number of halogens is 2. The highest BCUT2D eigenvalue weighted by Gasteiger charge is 2.05. The van der Waals surface area contributed by atoms with Crippen LogP contribution < -0.4 is 33.0 Å². The van der Waals surface area contributed by atoms with Crippen LogP contribution in [0.15, 0.2) is 48.5 Å². The molecule has 0 radical (unpaired) electrons. The summed E-state index contributed by atoms with van der Waals surface area (Å²) in [5, 5.41) is 0. The second kappa shape index (κ2) is 9.50. The largest absolute Gasteiger partial charge is 0.292 e. The number of hydrogen-bond donors (Lipinski definition) is 6. The third kappa shape index (κ3) is 5.81. The van der Waals surface area contributed by atoms with Crippen molar-refractivity contribution in [3.8, 4) is 0 Å². The molecule has 28 heavy (non-hydrogen) atoms. The summed E-state index contributed by atoms with van der Waals surface area (Å²) in [5.74, 6) is 5.38. The van der Waals surface area contributed by atoms with Crippen molar-refractivity contribution in [3.05, 3.63) is 71.3 Å². The smallest absolute Gasteiger partial charge is 0.244 e. The number of aromatic nitrogens is 3. The van der Waals surface area contributed by atoms with E-state index in [2.05, 4.69) is 42.1 Å². The van der Waals surface area contributed by atoms with E-state index in [-0.39, 0.29) is 29.5 Å². The highest BCUT2D eigenvalue weighted by molar-refractivity contribution is 5.40. The Morgan fingerprint density at radius 1 is 0.643 bits per heavy atom. The van der Waals surface area contributed by atoms with Gasteiger partial charge < -0.3 is 0 Å². The molecule has 0 aliphatic carbocycles. The lowest BCUT2D eigenvalue weighted by Gasteiger charge is -2.11. The minimum absolute atomic E-state index is 0.146. The number of benzene rings is 2. The van der Waals surface area contributed by atoms with Crippen LogP contribution in [0.4, 0.5) is 26.6 Å². The van der Waals surface area contributed by atoms with Crippen LogP contribution in [0, 0.1) is 11.6 Å². The van der Waals surface area contributed by atoms with Gasteiger partial charge in [0.15, 0.2) is 0 Å². The lowest BCUT2D eigenvalue weighted by atomic mass is 10.2. The van der Waals surface area contributed by atoms with E-state index in [1.165, 1.54) is 24.3 Å². The van der Waals surface area contributed by atoms with Crippen molar-refractivity contribution < 1.29 is 8.78 Å². The van der Waals surface area contributed by atoms with E-state index in [0.717, 1.165) is 11.1 Å². The number of nitrogens with two attached hydrogens (primary N) is 1. The maximum Gasteiger partial charge on any atom is 0.244 e. The van der Waals surface area contributed by atoms with Gasteiger partial charge in [-0.15, -0.1) is 0 Å². The average Bonchev–Trinajstić information content (AvgIpc) is 2.71. The van der Waals surface area contributed by atoms with Crippen molar-refractivity contribution in [2.75, 3.05) is 16.3 Å². The molecule has 7 N–H and O–H groups in total. The van der Waals surface area contributed by atoms with Gasteiger partial charge in [-0.25, -0.2) is 25.5 Å². The highest BCUT2D eigenvalue weighted by atomic mass is 19.1. The van der Waals surface area contributed by atoms with Gasteiger partial charge in [0.05, 0.1) is 0 Å². The topological polar surface area (TPSA) is 125 Å². The third-order valence-corrected chi connectivity index (χ3v) is 3.58. The van der Waals surface area contributed by atoms with Gasteiger partial charge in [-0.1, -0.05) is 24.3 Å². The maximum absolute atomic E-state index is 12.9. The molecule has 0 bridgehead atoms. The van der Waals surface area contributed by atoms with E-state index >= 15 is 0 Å². The minimum Gasteiger partial charge on any atom is -0.292 e. The van der Waals surface area contributed by atoms with Crippen LogP contribution in [0.3, 0.4) is 0 Å². The lowest BCUT2D eigenvalue weighted by molar-refractivity contribution is 0.626. The van der Waals surface area contributed by atoms with Crippen molar-refractivity contribution >= 4 is 17.8 Å². The van der Waals surface area contributed by atoms with Gasteiger partial charge >= 0.3 is 0 Å². The van der Waals surface area contributed by atoms with Gasteiger partial charge in [-0.05, 0) is 35.4 Å². The second-order valence-electron chi connectivity index (χ2n) is 5.66. The van der Waals surface area contributed by atoms with E-state index in [1.807, 2.05) is 0 Å². The molecule has 1 heterocycles. The predicted octanol–water partition coefficient (Wildman–Crippen LogP) is 1.67. The van der Waals surface area contributed by atoms with Crippen molar-refractivity contribution in [1.82, 2.24) is 25.8 Å². The first-order chi connectivity index (χ1) is 13.6. The van der Waals surface area contributed by atoms with Gasteiger partial charge in [-0.3, -0.25) is 16.3 Å². The summed E-state index contributed by atoms with van der Waals surface area (Å²) < 4.78 is 25.8. The van der Waals surface area contributed by atoms with Crippen LogP contribution in [0.25, 0.3) is 0 Å². The molecule has 11 heteroatoms. The molecule has 0 amide bonds. The van der Waals surface area contributed by atoms with E-state index < -0.39 is 0 Å². The van der Waals surface area contributed by atoms with Gasteiger partial charge in [0, 0.05) is 13.1 Å². The molecule has 0 fully saturated rings. The zero-order valence-corrected chi connectivity index (χ0v) is 14.7. The predicted molar refractivity (Wildman–Crippen MR) is 101 cm³/mol. The first-order valence-corrected chi connectivity index (χ1v) is 8.32. The Balaban J connectivity index is 1.54. The molecule has 9 nitrogen and oxygen atoms in total. The van der Waals surface area contributed by atoms with Gasteiger partial charge in [-0.2, -0.15) is 15.0 Å². The van der Waals surface area contributed by atoms with Crippen molar-refractivity contribution in [2.24, 2.45) is 5.84 Å². The molecular weight excluding hydrogens is 368 g/mol. The molecule has 3 aromatic rings. The van der Waals surface area contributed by atoms with Crippen LogP contribution in [0.2, 0.25) is 0 Å². The lowest BCUT2D eigenvalue weighted by Crippen LogP contribution is -2.26. The summed E-state index contributed by atoms with van der Waals surface area (Å²) in [6.07, 6.45) is 0. The Morgan fingerprint density at radius 2 is 1.04 bits per heavy atom. The molecule has 0 atom stereocenters. The summed E-state index contributed by atoms with van der Waals surface area (Å²) in [4.78, 5) is 12.3. The number of rotatable bonds is 9. The van der Waals surface area contributed by atoms with Crippen molar-refractivity contribution in [1.29, 1.82) is 0 Å². The maximum atomic E-state index is 12.9. The number of nitrogens with one attached hydrogen (secondary N) is 5. The Hall–Kier alpha value is -3.41. The fourth-order valence-corrected chi connectivity index (χ4v) is 2.21. The number of hydrazine groups is 3. The quantitative estimate of drug-likeness (QED) is 0.240. The highest BCUT2D eigenvalue weighted by Crippen LogP contribution is 2.08. The van der Waals surface area contributed by atoms with Crippen molar-refractivity contribution in [2.45, 2.75) is 13.1 Å². The normalized spacial score (nSPS) is 10.5. The summed E-state index contributed by atoms with van der Waals surface area (Å²) in [7, 11) is 0.